The van der Waals surface area contributed by atoms with Crippen LogP contribution in [-0.2, 0) is 16.0 Å². The highest BCUT2D eigenvalue weighted by atomic mass is 32.2. The molecule has 0 N–H and O–H groups in total. The average molecular weight is 312 g/mol. The predicted molar refractivity (Wildman–Crippen MR) is 86.8 cm³/mol. The van der Waals surface area contributed by atoms with Crippen molar-refractivity contribution < 1.29 is 9.59 Å². The van der Waals surface area contributed by atoms with Gasteiger partial charge in [-0.25, -0.2) is 9.88 Å². The molecule has 0 radical (unpaired) electrons. The number of benzene rings is 1. The lowest BCUT2D eigenvalue weighted by molar-refractivity contribution is -0.121. The molecule has 2 heterocycles. The molecule has 0 bridgehead atoms. The van der Waals surface area contributed by atoms with Crippen LogP contribution in [0.15, 0.2) is 53.7 Å². The minimum atomic E-state index is -0.395. The van der Waals surface area contributed by atoms with Gasteiger partial charge >= 0.3 is 0 Å². The summed E-state index contributed by atoms with van der Waals surface area (Å²) in [6.07, 6.45) is 2.83. The number of aromatic nitrogens is 1. The highest BCUT2D eigenvalue weighted by molar-refractivity contribution is 8.00. The molecule has 1 saturated heterocycles. The quantitative estimate of drug-likeness (QED) is 0.814. The van der Waals surface area contributed by atoms with Crippen LogP contribution in [0.2, 0.25) is 0 Å². The van der Waals surface area contributed by atoms with Crippen molar-refractivity contribution in [3.05, 3.63) is 54.2 Å². The van der Waals surface area contributed by atoms with Crippen molar-refractivity contribution in [3.63, 3.8) is 0 Å². The average Bonchev–Trinajstić information content (AvgIpc) is 2.82. The summed E-state index contributed by atoms with van der Waals surface area (Å²) in [5, 5.41) is 0.366. The number of anilines is 1. The van der Waals surface area contributed by atoms with Crippen molar-refractivity contribution >= 4 is 29.3 Å². The summed E-state index contributed by atoms with van der Waals surface area (Å²) in [5.74, 6) is -0.312. The molecule has 0 unspecified atom stereocenters. The summed E-state index contributed by atoms with van der Waals surface area (Å²) in [4.78, 5) is 30.2. The van der Waals surface area contributed by atoms with Gasteiger partial charge in [0.2, 0.25) is 11.8 Å². The second-order valence-corrected chi connectivity index (χ2v) is 6.29. The molecule has 1 aromatic heterocycles. The molecule has 1 aliphatic heterocycles. The molecule has 1 atom stereocenters. The summed E-state index contributed by atoms with van der Waals surface area (Å²) in [5.41, 5.74) is 1.83. The Bertz CT molecular complexity index is 686. The van der Waals surface area contributed by atoms with Gasteiger partial charge in [-0.3, -0.25) is 9.59 Å². The molecule has 2 aromatic rings. The van der Waals surface area contributed by atoms with Crippen LogP contribution in [0.5, 0.6) is 0 Å². The third kappa shape index (κ3) is 2.90. The summed E-state index contributed by atoms with van der Waals surface area (Å²) in [6, 6.07) is 13.1. The van der Waals surface area contributed by atoms with E-state index in [1.807, 2.05) is 42.5 Å². The largest absolute Gasteiger partial charge is 0.274 e. The number of hydrogen-bond donors (Lipinski definition) is 0. The van der Waals surface area contributed by atoms with Crippen molar-refractivity contribution in [2.45, 2.75) is 30.0 Å². The monoisotopic (exact) mass is 312 g/mol. The van der Waals surface area contributed by atoms with E-state index in [0.29, 0.717) is 5.69 Å². The predicted octanol–water partition coefficient (Wildman–Crippen LogP) is 3.07. The van der Waals surface area contributed by atoms with Gasteiger partial charge in [0.1, 0.15) is 0 Å². The highest BCUT2D eigenvalue weighted by Gasteiger charge is 2.40. The van der Waals surface area contributed by atoms with Crippen molar-refractivity contribution in [1.29, 1.82) is 0 Å². The highest BCUT2D eigenvalue weighted by Crippen LogP contribution is 2.33. The summed E-state index contributed by atoms with van der Waals surface area (Å²) < 4.78 is 0. The number of rotatable bonds is 4. The molecule has 1 aliphatic rings. The molecule has 112 valence electrons. The first-order chi connectivity index (χ1) is 10.7. The van der Waals surface area contributed by atoms with Crippen LogP contribution in [0.4, 0.5) is 5.69 Å². The van der Waals surface area contributed by atoms with Gasteiger partial charge in [0.25, 0.3) is 0 Å². The first kappa shape index (κ1) is 14.8. The maximum Gasteiger partial charge on any atom is 0.247 e. The first-order valence-electron chi connectivity index (χ1n) is 7.22. The van der Waals surface area contributed by atoms with Gasteiger partial charge in [0.15, 0.2) is 0 Å². The third-order valence-corrected chi connectivity index (χ3v) is 4.74. The van der Waals surface area contributed by atoms with Gasteiger partial charge in [-0.15, -0.1) is 0 Å². The van der Waals surface area contributed by atoms with E-state index in [1.54, 1.807) is 6.20 Å². The number of thioether (sulfide) groups is 1. The third-order valence-electron chi connectivity index (χ3n) is 3.61. The van der Waals surface area contributed by atoms with E-state index in [2.05, 4.69) is 11.9 Å². The van der Waals surface area contributed by atoms with Crippen LogP contribution >= 0.6 is 11.8 Å². The molecule has 3 rings (SSSR count). The molecule has 0 spiro atoms. The van der Waals surface area contributed by atoms with E-state index in [0.717, 1.165) is 11.4 Å². The number of aryl methyl sites for hydroxylation is 1. The lowest BCUT2D eigenvalue weighted by Crippen LogP contribution is -2.31. The van der Waals surface area contributed by atoms with E-state index in [9.17, 15) is 9.59 Å². The Hall–Kier alpha value is -2.14. The maximum absolute atomic E-state index is 12.5. The molecule has 0 saturated carbocycles. The molecule has 1 aromatic carbocycles. The second kappa shape index (κ2) is 6.32. The number of carbonyl (C=O) groups is 2. The lowest BCUT2D eigenvalue weighted by atomic mass is 10.1. The number of amides is 2. The van der Waals surface area contributed by atoms with Gasteiger partial charge in [-0.2, -0.15) is 0 Å². The zero-order valence-corrected chi connectivity index (χ0v) is 13.0. The summed E-state index contributed by atoms with van der Waals surface area (Å²) in [7, 11) is 0. The summed E-state index contributed by atoms with van der Waals surface area (Å²) in [6.45, 7) is 2.07. The fraction of sp³-hybridized carbons (Fsp3) is 0.235. The number of pyridine rings is 1. The Morgan fingerprint density at radius 3 is 2.59 bits per heavy atom. The van der Waals surface area contributed by atoms with Crippen LogP contribution in [-0.4, -0.2) is 22.0 Å². The van der Waals surface area contributed by atoms with Crippen LogP contribution in [0.25, 0.3) is 0 Å². The van der Waals surface area contributed by atoms with Gasteiger partial charge in [-0.05, 0) is 36.2 Å². The molecule has 4 nitrogen and oxygen atoms in total. The second-order valence-electron chi connectivity index (χ2n) is 5.07. The van der Waals surface area contributed by atoms with Crippen molar-refractivity contribution in [2.24, 2.45) is 0 Å². The normalized spacial score (nSPS) is 18.0. The number of carbonyl (C=O) groups excluding carboxylic acids is 2. The zero-order chi connectivity index (χ0) is 15.5. The molecule has 5 heteroatoms. The van der Waals surface area contributed by atoms with Crippen LogP contribution < -0.4 is 4.90 Å². The molecule has 0 aliphatic carbocycles. The van der Waals surface area contributed by atoms with E-state index in [-0.39, 0.29) is 18.2 Å². The van der Waals surface area contributed by atoms with Gasteiger partial charge < -0.3 is 0 Å². The number of nitrogens with zero attached hydrogens (tertiary/aromatic N) is 2. The Balaban J connectivity index is 1.79. The van der Waals surface area contributed by atoms with E-state index in [1.165, 1.54) is 22.2 Å². The smallest absolute Gasteiger partial charge is 0.247 e. The zero-order valence-electron chi connectivity index (χ0n) is 12.2. The Kier molecular flexibility index (Phi) is 4.24. The van der Waals surface area contributed by atoms with E-state index in [4.69, 9.17) is 0 Å². The van der Waals surface area contributed by atoms with Crippen molar-refractivity contribution in [2.75, 3.05) is 4.90 Å². The van der Waals surface area contributed by atoms with Gasteiger partial charge in [0, 0.05) is 12.6 Å². The Labute approximate surface area is 133 Å². The van der Waals surface area contributed by atoms with E-state index >= 15 is 0 Å². The number of imide groups is 1. The first-order valence-corrected chi connectivity index (χ1v) is 8.10. The maximum atomic E-state index is 12.5. The van der Waals surface area contributed by atoms with E-state index < -0.39 is 5.25 Å². The van der Waals surface area contributed by atoms with Crippen LogP contribution in [0.1, 0.15) is 18.9 Å². The van der Waals surface area contributed by atoms with Crippen LogP contribution in [0.3, 0.4) is 0 Å². The Morgan fingerprint density at radius 1 is 1.18 bits per heavy atom. The minimum absolute atomic E-state index is 0.150. The van der Waals surface area contributed by atoms with Crippen LogP contribution in [0, 0.1) is 0 Å². The summed E-state index contributed by atoms with van der Waals surface area (Å²) >= 11 is 1.35. The number of hydrogen-bond acceptors (Lipinski definition) is 4. The standard InChI is InChI=1S/C17H16N2O2S/c1-2-12-6-8-13(9-7-12)19-16(20)11-14(17(19)21)22-15-5-3-4-10-18-15/h3-10,14H,2,11H2,1H3/t14-/m1/s1. The molecule has 22 heavy (non-hydrogen) atoms. The lowest BCUT2D eigenvalue weighted by Gasteiger charge is -2.15. The fourth-order valence-corrected chi connectivity index (χ4v) is 3.41. The van der Waals surface area contributed by atoms with Gasteiger partial charge in [-0.1, -0.05) is 36.9 Å². The fourth-order valence-electron chi connectivity index (χ4n) is 2.41. The topological polar surface area (TPSA) is 50.3 Å². The van der Waals surface area contributed by atoms with Crippen molar-refractivity contribution in [1.82, 2.24) is 4.98 Å². The Morgan fingerprint density at radius 2 is 1.95 bits per heavy atom. The SMILES string of the molecule is CCc1ccc(N2C(=O)C[C@@H](Sc3ccccn3)C2=O)cc1. The molecular weight excluding hydrogens is 296 g/mol. The molecular formula is C17H16N2O2S. The molecule has 1 fully saturated rings. The minimum Gasteiger partial charge on any atom is -0.274 e. The molecule has 2 amide bonds. The van der Waals surface area contributed by atoms with Gasteiger partial charge in [0.05, 0.1) is 16.0 Å². The van der Waals surface area contributed by atoms with Crippen molar-refractivity contribution in [3.8, 4) is 0 Å².